The van der Waals surface area contributed by atoms with E-state index in [1.165, 1.54) is 5.56 Å². The fraction of sp³-hybridized carbons (Fsp3) is 0.128. The minimum absolute atomic E-state index is 0.0577. The van der Waals surface area contributed by atoms with Gasteiger partial charge in [0, 0.05) is 17.8 Å². The highest BCUT2D eigenvalue weighted by atomic mass is 35.5. The third-order valence-electron chi connectivity index (χ3n) is 8.21. The van der Waals surface area contributed by atoms with Crippen LogP contribution in [0.15, 0.2) is 114 Å². The van der Waals surface area contributed by atoms with Crippen LogP contribution in [-0.2, 0) is 13.0 Å². The summed E-state index contributed by atoms with van der Waals surface area (Å²) in [4.78, 5) is 41.3. The Morgan fingerprint density at radius 2 is 1.62 bits per heavy atom. The molecular weight excluding hydrogens is 624 g/mol. The second-order valence-electron chi connectivity index (χ2n) is 11.6. The molecule has 1 aliphatic rings. The Kier molecular flexibility index (Phi) is 9.24. The highest BCUT2D eigenvalue weighted by molar-refractivity contribution is 6.34. The first kappa shape index (κ1) is 32.0. The molecule has 6 rings (SSSR count). The monoisotopic (exact) mass is 654 g/mol. The summed E-state index contributed by atoms with van der Waals surface area (Å²) in [5, 5.41) is 15.7. The van der Waals surface area contributed by atoms with Crippen LogP contribution in [-0.4, -0.2) is 35.2 Å². The Morgan fingerprint density at radius 3 is 2.29 bits per heavy atom. The first-order valence-electron chi connectivity index (χ1n) is 15.3. The zero-order chi connectivity index (χ0) is 33.8. The largest absolute Gasteiger partial charge is 0.459 e. The number of nitrogens with zero attached hydrogens (tertiary/aromatic N) is 2. The number of fused-ring (bicyclic) bond motifs is 1. The van der Waals surface area contributed by atoms with Crippen molar-refractivity contribution in [1.82, 2.24) is 15.5 Å². The van der Waals surface area contributed by atoms with Gasteiger partial charge in [0.2, 0.25) is 0 Å². The molecule has 0 saturated carbocycles. The van der Waals surface area contributed by atoms with Crippen LogP contribution in [0.1, 0.15) is 59.1 Å². The standard InChI is InChI=1S/C39H31ClN4O4/c1-24-7-13-28(14-8-24)25(2)42-22-31-16-18-36(48-31)29-15-17-35(40)34(20-29)37(45)43-30(19-26-9-11-27(21-41)12-10-26)23-44-38(46)32-5-3-4-6-33(32)39(44)47/h3-18,20,30,42H,2,19,22-23H2,1H3,(H,43,45)/t30-/m1/s1. The van der Waals surface area contributed by atoms with Crippen molar-refractivity contribution in [3.8, 4) is 17.4 Å². The Bertz CT molecular complexity index is 2040. The molecule has 48 heavy (non-hydrogen) atoms. The molecule has 0 unspecified atom stereocenters. The molecule has 0 fully saturated rings. The average molecular weight is 655 g/mol. The normalized spacial score (nSPS) is 12.7. The number of halogens is 1. The minimum atomic E-state index is -0.657. The summed E-state index contributed by atoms with van der Waals surface area (Å²) in [6, 6.07) is 31.8. The van der Waals surface area contributed by atoms with Gasteiger partial charge in [-0.15, -0.1) is 0 Å². The highest BCUT2D eigenvalue weighted by Gasteiger charge is 2.36. The van der Waals surface area contributed by atoms with Gasteiger partial charge in [-0.2, -0.15) is 5.26 Å². The topological polar surface area (TPSA) is 115 Å². The van der Waals surface area contributed by atoms with E-state index in [9.17, 15) is 19.6 Å². The van der Waals surface area contributed by atoms with Gasteiger partial charge in [-0.05, 0) is 79.1 Å². The van der Waals surface area contributed by atoms with Crippen molar-refractivity contribution in [3.63, 3.8) is 0 Å². The van der Waals surface area contributed by atoms with Crippen molar-refractivity contribution in [2.24, 2.45) is 0 Å². The van der Waals surface area contributed by atoms with Gasteiger partial charge in [0.05, 0.1) is 45.9 Å². The van der Waals surface area contributed by atoms with Crippen molar-refractivity contribution >= 4 is 35.0 Å². The zero-order valence-electron chi connectivity index (χ0n) is 26.1. The van der Waals surface area contributed by atoms with Crippen LogP contribution in [0.2, 0.25) is 5.02 Å². The number of hydrogen-bond acceptors (Lipinski definition) is 6. The summed E-state index contributed by atoms with van der Waals surface area (Å²) in [6.07, 6.45) is 0.296. The Labute approximate surface area is 283 Å². The van der Waals surface area contributed by atoms with Gasteiger partial charge < -0.3 is 15.1 Å². The Hall–Kier alpha value is -5.91. The molecular formula is C39H31ClN4O4. The lowest BCUT2D eigenvalue weighted by Crippen LogP contribution is -2.47. The SMILES string of the molecule is C=C(NCc1ccc(-c2ccc(Cl)c(C(=O)N[C@H](Cc3ccc(C#N)cc3)CN3C(=O)c4ccccc4C3=O)c2)o1)c1ccc(C)cc1. The van der Waals surface area contributed by atoms with E-state index in [1.54, 1.807) is 66.7 Å². The maximum atomic E-state index is 13.8. The molecule has 238 valence electrons. The average Bonchev–Trinajstić information content (AvgIpc) is 3.67. The summed E-state index contributed by atoms with van der Waals surface area (Å²) in [5.74, 6) is -0.0678. The van der Waals surface area contributed by atoms with E-state index in [4.69, 9.17) is 16.0 Å². The third-order valence-corrected chi connectivity index (χ3v) is 8.54. The van der Waals surface area contributed by atoms with E-state index in [1.807, 2.05) is 43.3 Å². The summed E-state index contributed by atoms with van der Waals surface area (Å²) in [7, 11) is 0. The second kappa shape index (κ2) is 13.8. The van der Waals surface area contributed by atoms with Crippen LogP contribution < -0.4 is 10.6 Å². The molecule has 5 aromatic rings. The number of hydrogen-bond donors (Lipinski definition) is 2. The molecule has 0 bridgehead atoms. The Balaban J connectivity index is 1.19. The fourth-order valence-electron chi connectivity index (χ4n) is 5.58. The maximum Gasteiger partial charge on any atom is 0.261 e. The van der Waals surface area contributed by atoms with Crippen molar-refractivity contribution in [2.75, 3.05) is 6.54 Å². The third kappa shape index (κ3) is 6.92. The lowest BCUT2D eigenvalue weighted by atomic mass is 10.0. The predicted octanol–water partition coefficient (Wildman–Crippen LogP) is 7.18. The molecule has 1 aromatic heterocycles. The van der Waals surface area contributed by atoms with Crippen molar-refractivity contribution in [1.29, 1.82) is 5.26 Å². The lowest BCUT2D eigenvalue weighted by molar-refractivity contribution is 0.0628. The van der Waals surface area contributed by atoms with Gasteiger partial charge in [-0.3, -0.25) is 19.3 Å². The van der Waals surface area contributed by atoms with Gasteiger partial charge in [-0.1, -0.05) is 72.3 Å². The number of amides is 3. The van der Waals surface area contributed by atoms with E-state index in [-0.39, 0.29) is 17.1 Å². The first-order valence-corrected chi connectivity index (χ1v) is 15.7. The molecule has 0 aliphatic carbocycles. The van der Waals surface area contributed by atoms with Crippen LogP contribution in [0.25, 0.3) is 17.0 Å². The zero-order valence-corrected chi connectivity index (χ0v) is 26.9. The van der Waals surface area contributed by atoms with Crippen molar-refractivity contribution < 1.29 is 18.8 Å². The first-order chi connectivity index (χ1) is 23.2. The van der Waals surface area contributed by atoms with Crippen LogP contribution in [0.5, 0.6) is 0 Å². The predicted molar refractivity (Wildman–Crippen MR) is 184 cm³/mol. The molecule has 0 radical (unpaired) electrons. The summed E-state index contributed by atoms with van der Waals surface area (Å²) in [5.41, 5.74) is 5.76. The van der Waals surface area contributed by atoms with Crippen LogP contribution in [0, 0.1) is 18.3 Å². The number of imide groups is 1. The van der Waals surface area contributed by atoms with E-state index >= 15 is 0 Å². The van der Waals surface area contributed by atoms with Crippen LogP contribution in [0.3, 0.4) is 0 Å². The molecule has 0 saturated heterocycles. The summed E-state index contributed by atoms with van der Waals surface area (Å²) >= 11 is 6.53. The number of furan rings is 1. The van der Waals surface area contributed by atoms with Gasteiger partial charge in [0.15, 0.2) is 0 Å². The lowest BCUT2D eigenvalue weighted by Gasteiger charge is -2.24. The number of nitriles is 1. The van der Waals surface area contributed by atoms with Crippen LogP contribution >= 0.6 is 11.6 Å². The molecule has 1 aliphatic heterocycles. The van der Waals surface area contributed by atoms with Crippen molar-refractivity contribution in [3.05, 3.63) is 159 Å². The number of carbonyl (C=O) groups is 3. The molecule has 4 aromatic carbocycles. The number of carbonyl (C=O) groups excluding carboxylic acids is 3. The van der Waals surface area contributed by atoms with E-state index in [2.05, 4.69) is 23.3 Å². The van der Waals surface area contributed by atoms with E-state index in [0.717, 1.165) is 21.7 Å². The molecule has 8 nitrogen and oxygen atoms in total. The van der Waals surface area contributed by atoms with E-state index in [0.29, 0.717) is 46.7 Å². The van der Waals surface area contributed by atoms with Gasteiger partial charge in [0.25, 0.3) is 17.7 Å². The summed E-state index contributed by atoms with van der Waals surface area (Å²) < 4.78 is 6.09. The molecule has 3 amide bonds. The number of nitrogens with one attached hydrogen (secondary N) is 2. The van der Waals surface area contributed by atoms with Crippen molar-refractivity contribution in [2.45, 2.75) is 25.9 Å². The van der Waals surface area contributed by atoms with Crippen LogP contribution in [0.4, 0.5) is 0 Å². The molecule has 2 heterocycles. The summed E-state index contributed by atoms with van der Waals surface area (Å²) in [6.45, 7) is 6.51. The number of benzene rings is 4. The molecule has 1 atom stereocenters. The maximum absolute atomic E-state index is 13.8. The Morgan fingerprint density at radius 1 is 0.938 bits per heavy atom. The van der Waals surface area contributed by atoms with Gasteiger partial charge in [0.1, 0.15) is 11.5 Å². The fourth-order valence-corrected chi connectivity index (χ4v) is 5.78. The molecule has 2 N–H and O–H groups in total. The number of aryl methyl sites for hydroxylation is 1. The molecule has 9 heteroatoms. The number of rotatable bonds is 11. The highest BCUT2D eigenvalue weighted by Crippen LogP contribution is 2.28. The smallest absolute Gasteiger partial charge is 0.261 e. The quantitative estimate of drug-likeness (QED) is 0.146. The van der Waals surface area contributed by atoms with Gasteiger partial charge >= 0.3 is 0 Å². The van der Waals surface area contributed by atoms with E-state index < -0.39 is 23.8 Å². The minimum Gasteiger partial charge on any atom is -0.459 e. The molecule has 0 spiro atoms. The second-order valence-corrected chi connectivity index (χ2v) is 12.0. The van der Waals surface area contributed by atoms with Gasteiger partial charge in [-0.25, -0.2) is 0 Å².